The first-order chi connectivity index (χ1) is 13.1. The minimum absolute atomic E-state index is 0.0971. The van der Waals surface area contributed by atoms with Crippen LogP contribution in [0.15, 0.2) is 60.7 Å². The highest BCUT2D eigenvalue weighted by Crippen LogP contribution is 2.55. The van der Waals surface area contributed by atoms with Gasteiger partial charge in [0.15, 0.2) is 0 Å². The lowest BCUT2D eigenvalue weighted by Crippen LogP contribution is -2.41. The van der Waals surface area contributed by atoms with E-state index < -0.39 is 17.7 Å². The van der Waals surface area contributed by atoms with Gasteiger partial charge in [-0.1, -0.05) is 54.1 Å². The second-order valence-corrected chi connectivity index (χ2v) is 6.98. The number of aliphatic hydroxyl groups is 1. The van der Waals surface area contributed by atoms with Crippen molar-refractivity contribution in [1.82, 2.24) is 0 Å². The van der Waals surface area contributed by atoms with Crippen LogP contribution in [0.3, 0.4) is 0 Å². The average molecular weight is 404 g/mol. The number of carbonyl (C=O) groups excluding carboxylic acids is 1. The van der Waals surface area contributed by atoms with Gasteiger partial charge in [0.2, 0.25) is 11.5 Å². The molecule has 3 nitrogen and oxygen atoms in total. The van der Waals surface area contributed by atoms with Gasteiger partial charge in [-0.25, -0.2) is 0 Å². The smallest absolute Gasteiger partial charge is 0.372 e. The standard InChI is InChI=1S/C21H13ClF3NO2/c22-18-10-12(6-8-15(18)19(26)27)11-5-7-14-13-3-1-2-4-16(13)20(28,17(14)9-11)21(23,24)25/h1-10,28H,(H2,26,27). The van der Waals surface area contributed by atoms with Crippen molar-refractivity contribution in [3.63, 3.8) is 0 Å². The van der Waals surface area contributed by atoms with Gasteiger partial charge in [0.1, 0.15) is 0 Å². The van der Waals surface area contributed by atoms with Gasteiger partial charge in [-0.2, -0.15) is 13.2 Å². The molecular weight excluding hydrogens is 391 g/mol. The minimum atomic E-state index is -4.90. The van der Waals surface area contributed by atoms with Gasteiger partial charge < -0.3 is 10.8 Å². The molecule has 0 bridgehead atoms. The van der Waals surface area contributed by atoms with Crippen molar-refractivity contribution in [2.75, 3.05) is 0 Å². The number of amides is 1. The molecule has 3 N–H and O–H groups in total. The fourth-order valence-corrected chi connectivity index (χ4v) is 3.91. The summed E-state index contributed by atoms with van der Waals surface area (Å²) in [6.07, 6.45) is -4.90. The molecule has 0 spiro atoms. The van der Waals surface area contributed by atoms with Gasteiger partial charge in [0.05, 0.1) is 10.6 Å². The number of hydrogen-bond donors (Lipinski definition) is 2. The molecule has 0 aromatic heterocycles. The Morgan fingerprint density at radius 1 is 0.929 bits per heavy atom. The van der Waals surface area contributed by atoms with Crippen molar-refractivity contribution in [2.24, 2.45) is 5.73 Å². The van der Waals surface area contributed by atoms with Crippen molar-refractivity contribution in [3.8, 4) is 22.3 Å². The van der Waals surface area contributed by atoms with E-state index in [9.17, 15) is 23.1 Å². The number of rotatable bonds is 2. The van der Waals surface area contributed by atoms with Crippen LogP contribution >= 0.6 is 11.6 Å². The summed E-state index contributed by atoms with van der Waals surface area (Å²) in [5, 5.41) is 10.9. The zero-order valence-corrected chi connectivity index (χ0v) is 15.0. The molecule has 0 radical (unpaired) electrons. The Kier molecular flexibility index (Phi) is 4.03. The van der Waals surface area contributed by atoms with E-state index in [1.165, 1.54) is 30.3 Å². The van der Waals surface area contributed by atoms with Crippen LogP contribution in [-0.2, 0) is 5.60 Å². The van der Waals surface area contributed by atoms with Crippen molar-refractivity contribution in [2.45, 2.75) is 11.8 Å². The molecule has 0 saturated carbocycles. The van der Waals surface area contributed by atoms with E-state index in [0.717, 1.165) is 0 Å². The molecule has 7 heteroatoms. The summed E-state index contributed by atoms with van der Waals surface area (Å²) >= 11 is 6.06. The number of primary amides is 1. The second-order valence-electron chi connectivity index (χ2n) is 6.57. The third-order valence-electron chi connectivity index (χ3n) is 4.99. The summed E-state index contributed by atoms with van der Waals surface area (Å²) in [5.74, 6) is -0.701. The first kappa shape index (κ1) is 18.5. The molecule has 1 atom stereocenters. The largest absolute Gasteiger partial charge is 0.425 e. The number of hydrogen-bond acceptors (Lipinski definition) is 2. The van der Waals surface area contributed by atoms with Gasteiger partial charge in [-0.3, -0.25) is 4.79 Å². The summed E-state index contributed by atoms with van der Waals surface area (Å²) in [7, 11) is 0. The summed E-state index contributed by atoms with van der Waals surface area (Å²) in [5.41, 5.74) is 3.38. The van der Waals surface area contributed by atoms with E-state index in [1.807, 2.05) is 0 Å². The average Bonchev–Trinajstić information content (AvgIpc) is 2.91. The van der Waals surface area contributed by atoms with Crippen molar-refractivity contribution >= 4 is 17.5 Å². The molecule has 1 aliphatic rings. The molecule has 0 aliphatic heterocycles. The third kappa shape index (κ3) is 2.52. The summed E-state index contributed by atoms with van der Waals surface area (Å²) in [4.78, 5) is 11.3. The Balaban J connectivity index is 1.92. The molecule has 28 heavy (non-hydrogen) atoms. The predicted octanol–water partition coefficient (Wildman–Crippen LogP) is 4.88. The predicted molar refractivity (Wildman–Crippen MR) is 99.9 cm³/mol. The Morgan fingerprint density at radius 3 is 2.18 bits per heavy atom. The minimum Gasteiger partial charge on any atom is -0.372 e. The number of alkyl halides is 3. The third-order valence-corrected chi connectivity index (χ3v) is 5.31. The lowest BCUT2D eigenvalue weighted by Gasteiger charge is -2.28. The van der Waals surface area contributed by atoms with E-state index in [4.69, 9.17) is 17.3 Å². The summed E-state index contributed by atoms with van der Waals surface area (Å²) in [6.45, 7) is 0. The number of halogens is 4. The molecule has 1 unspecified atom stereocenters. The highest BCUT2D eigenvalue weighted by atomic mass is 35.5. The van der Waals surface area contributed by atoms with Crippen LogP contribution in [0.1, 0.15) is 21.5 Å². The van der Waals surface area contributed by atoms with E-state index in [-0.39, 0.29) is 21.7 Å². The summed E-state index contributed by atoms with van der Waals surface area (Å²) < 4.78 is 41.8. The van der Waals surface area contributed by atoms with Crippen LogP contribution in [0.4, 0.5) is 13.2 Å². The molecule has 0 saturated heterocycles. The van der Waals surface area contributed by atoms with Crippen molar-refractivity contribution in [1.29, 1.82) is 0 Å². The fraction of sp³-hybridized carbons (Fsp3) is 0.0952. The van der Waals surface area contributed by atoms with E-state index in [2.05, 4.69) is 0 Å². The Bertz CT molecular complexity index is 1130. The van der Waals surface area contributed by atoms with E-state index in [1.54, 1.807) is 30.3 Å². The molecule has 142 valence electrons. The topological polar surface area (TPSA) is 63.3 Å². The Hall–Kier alpha value is -2.83. The van der Waals surface area contributed by atoms with E-state index in [0.29, 0.717) is 22.3 Å². The maximum Gasteiger partial charge on any atom is 0.425 e. The molecule has 3 aromatic rings. The van der Waals surface area contributed by atoms with Crippen molar-refractivity contribution in [3.05, 3.63) is 82.4 Å². The first-order valence-electron chi connectivity index (χ1n) is 8.28. The van der Waals surface area contributed by atoms with Gasteiger partial charge in [0, 0.05) is 11.1 Å². The Morgan fingerprint density at radius 2 is 1.54 bits per heavy atom. The van der Waals surface area contributed by atoms with Crippen LogP contribution in [-0.4, -0.2) is 17.2 Å². The first-order valence-corrected chi connectivity index (χ1v) is 8.65. The monoisotopic (exact) mass is 403 g/mol. The molecule has 4 rings (SSSR count). The molecule has 1 amide bonds. The number of fused-ring (bicyclic) bond motifs is 3. The lowest BCUT2D eigenvalue weighted by molar-refractivity contribution is -0.246. The second kappa shape index (κ2) is 6.09. The normalized spacial score (nSPS) is 17.9. The van der Waals surface area contributed by atoms with Crippen LogP contribution in [0.5, 0.6) is 0 Å². The van der Waals surface area contributed by atoms with Crippen LogP contribution < -0.4 is 5.73 Å². The molecule has 3 aromatic carbocycles. The summed E-state index contributed by atoms with van der Waals surface area (Å²) in [6, 6.07) is 14.8. The molecule has 0 heterocycles. The molecule has 1 aliphatic carbocycles. The lowest BCUT2D eigenvalue weighted by atomic mass is 9.89. The zero-order valence-electron chi connectivity index (χ0n) is 14.2. The van der Waals surface area contributed by atoms with Crippen molar-refractivity contribution < 1.29 is 23.1 Å². The highest BCUT2D eigenvalue weighted by molar-refractivity contribution is 6.34. The number of benzene rings is 3. The maximum atomic E-state index is 13.9. The quantitative estimate of drug-likeness (QED) is 0.640. The van der Waals surface area contributed by atoms with Crippen LogP contribution in [0.25, 0.3) is 22.3 Å². The van der Waals surface area contributed by atoms with Crippen LogP contribution in [0.2, 0.25) is 5.02 Å². The zero-order chi connectivity index (χ0) is 20.3. The maximum absolute atomic E-state index is 13.9. The van der Waals surface area contributed by atoms with Gasteiger partial charge in [-0.05, 0) is 40.5 Å². The van der Waals surface area contributed by atoms with Gasteiger partial charge in [0.25, 0.3) is 0 Å². The highest BCUT2D eigenvalue weighted by Gasteiger charge is 2.60. The molecule has 0 fully saturated rings. The van der Waals surface area contributed by atoms with E-state index >= 15 is 0 Å². The SMILES string of the molecule is NC(=O)c1ccc(-c2ccc3c(c2)C(O)(C(F)(F)F)c2ccccc2-3)cc1Cl. The van der Waals surface area contributed by atoms with Gasteiger partial charge in [-0.15, -0.1) is 0 Å². The molecular formula is C21H13ClF3NO2. The number of carbonyl (C=O) groups is 1. The van der Waals surface area contributed by atoms with Crippen LogP contribution in [0, 0.1) is 0 Å². The Labute approximate surface area is 163 Å². The van der Waals surface area contributed by atoms with Gasteiger partial charge >= 0.3 is 6.18 Å². The fourth-order valence-electron chi connectivity index (χ4n) is 3.64. The number of nitrogens with two attached hydrogens (primary N) is 1.